The summed E-state index contributed by atoms with van der Waals surface area (Å²) < 4.78 is 1.13. The van der Waals surface area contributed by atoms with Gasteiger partial charge in [0.1, 0.15) is 0 Å². The third kappa shape index (κ3) is 8.00. The number of halogens is 1. The molecule has 1 heterocycles. The molecule has 4 nitrogen and oxygen atoms in total. The van der Waals surface area contributed by atoms with E-state index in [1.807, 2.05) is 12.2 Å². The van der Waals surface area contributed by atoms with Gasteiger partial charge in [-0.15, -0.1) is 11.3 Å². The number of carboxylic acids is 1. The van der Waals surface area contributed by atoms with Crippen LogP contribution in [-0.2, 0) is 4.79 Å². The second-order valence-electron chi connectivity index (χ2n) is 8.11. The van der Waals surface area contributed by atoms with E-state index in [-0.39, 0.29) is 24.4 Å². The van der Waals surface area contributed by atoms with Crippen molar-refractivity contribution in [3.63, 3.8) is 0 Å². The maximum atomic E-state index is 10.5. The number of hydrogen-bond acceptors (Lipinski definition) is 4. The molecule has 6 heteroatoms. The quantitative estimate of drug-likeness (QED) is 0.273. The molecule has 5 atom stereocenters. The van der Waals surface area contributed by atoms with E-state index >= 15 is 0 Å². The first-order valence-corrected chi connectivity index (χ1v) is 12.1. The second-order valence-corrected chi connectivity index (χ2v) is 10.2. The Hall–Kier alpha value is -0.950. The zero-order valence-electron chi connectivity index (χ0n) is 17.3. The number of allylic oxidation sites excluding steroid dienone is 3. The molecule has 2 unspecified atom stereocenters. The minimum absolute atomic E-state index is 0.169. The summed E-state index contributed by atoms with van der Waals surface area (Å²) >= 11 is 5.33. The summed E-state index contributed by atoms with van der Waals surface area (Å²) in [6, 6.07) is 2.15. The molecule has 1 aliphatic carbocycles. The lowest BCUT2D eigenvalue weighted by Gasteiger charge is -2.19. The number of aliphatic hydroxyl groups excluding tert-OH is 2. The maximum absolute atomic E-state index is 10.5. The van der Waals surface area contributed by atoms with Crippen molar-refractivity contribution in [1.29, 1.82) is 0 Å². The fourth-order valence-electron chi connectivity index (χ4n) is 3.94. The van der Waals surface area contributed by atoms with Gasteiger partial charge in [0.15, 0.2) is 0 Å². The zero-order valence-corrected chi connectivity index (χ0v) is 19.7. The van der Waals surface area contributed by atoms with E-state index in [1.54, 1.807) is 11.3 Å². The summed E-state index contributed by atoms with van der Waals surface area (Å²) in [5, 5.41) is 29.4. The normalized spacial score (nSPS) is 24.5. The van der Waals surface area contributed by atoms with Gasteiger partial charge in [0.25, 0.3) is 0 Å². The van der Waals surface area contributed by atoms with Crippen molar-refractivity contribution in [2.24, 2.45) is 11.8 Å². The SMILES string of the molecule is Cc1sc(C(C)C[C@H](O)/C=C/[C@H]2CCC(O)[C@@H]2C/C=C\CCCC(=O)O)cc1Br. The van der Waals surface area contributed by atoms with Crippen molar-refractivity contribution in [2.75, 3.05) is 0 Å². The molecule has 1 aliphatic rings. The summed E-state index contributed by atoms with van der Waals surface area (Å²) in [6.07, 6.45) is 12.1. The highest BCUT2D eigenvalue weighted by Gasteiger charge is 2.32. The van der Waals surface area contributed by atoms with Crippen LogP contribution >= 0.6 is 27.3 Å². The fraction of sp³-hybridized carbons (Fsp3) is 0.609. The average Bonchev–Trinajstić information content (AvgIpc) is 3.18. The van der Waals surface area contributed by atoms with E-state index in [1.165, 1.54) is 9.75 Å². The third-order valence-corrected chi connectivity index (χ3v) is 8.08. The summed E-state index contributed by atoms with van der Waals surface area (Å²) in [5.74, 6) is -0.0212. The first kappa shape index (κ1) is 24.3. The van der Waals surface area contributed by atoms with E-state index in [0.29, 0.717) is 18.8 Å². The number of unbranched alkanes of at least 4 members (excludes halogenated alkanes) is 1. The zero-order chi connectivity index (χ0) is 21.4. The van der Waals surface area contributed by atoms with Gasteiger partial charge in [-0.05, 0) is 85.2 Å². The smallest absolute Gasteiger partial charge is 0.303 e. The molecule has 1 aromatic heterocycles. The lowest BCUT2D eigenvalue weighted by Crippen LogP contribution is -2.18. The van der Waals surface area contributed by atoms with Crippen LogP contribution in [0.3, 0.4) is 0 Å². The van der Waals surface area contributed by atoms with Crippen LogP contribution in [0.4, 0.5) is 0 Å². The van der Waals surface area contributed by atoms with Gasteiger partial charge in [0, 0.05) is 20.6 Å². The van der Waals surface area contributed by atoms with Gasteiger partial charge in [-0.1, -0.05) is 31.2 Å². The number of aryl methyl sites for hydroxylation is 1. The van der Waals surface area contributed by atoms with E-state index < -0.39 is 12.1 Å². The predicted octanol–water partition coefficient (Wildman–Crippen LogP) is 5.82. The van der Waals surface area contributed by atoms with Crippen LogP contribution in [0.15, 0.2) is 34.8 Å². The first-order chi connectivity index (χ1) is 13.8. The number of rotatable bonds is 11. The predicted molar refractivity (Wildman–Crippen MR) is 122 cm³/mol. The Labute approximate surface area is 186 Å². The van der Waals surface area contributed by atoms with E-state index in [9.17, 15) is 15.0 Å². The fourth-order valence-corrected chi connectivity index (χ4v) is 5.57. The molecular weight excluding hydrogens is 452 g/mol. The molecule has 3 N–H and O–H groups in total. The Morgan fingerprint density at radius 2 is 2.14 bits per heavy atom. The Kier molecular flexibility index (Phi) is 10.1. The molecule has 1 saturated carbocycles. The number of thiophene rings is 1. The Morgan fingerprint density at radius 3 is 2.79 bits per heavy atom. The monoisotopic (exact) mass is 484 g/mol. The average molecular weight is 485 g/mol. The first-order valence-electron chi connectivity index (χ1n) is 10.4. The molecule has 0 saturated heterocycles. The van der Waals surface area contributed by atoms with Crippen molar-refractivity contribution in [3.05, 3.63) is 44.6 Å². The number of carbonyl (C=O) groups is 1. The van der Waals surface area contributed by atoms with Crippen molar-refractivity contribution in [1.82, 2.24) is 0 Å². The summed E-state index contributed by atoms with van der Waals surface area (Å²) in [4.78, 5) is 13.1. The van der Waals surface area contributed by atoms with Crippen molar-refractivity contribution in [3.8, 4) is 0 Å². The Bertz CT molecular complexity index is 692. The molecule has 0 radical (unpaired) electrons. The van der Waals surface area contributed by atoms with Gasteiger partial charge in [-0.3, -0.25) is 4.79 Å². The summed E-state index contributed by atoms with van der Waals surface area (Å²) in [7, 11) is 0. The highest BCUT2D eigenvalue weighted by Crippen LogP contribution is 2.37. The lowest BCUT2D eigenvalue weighted by atomic mass is 9.90. The van der Waals surface area contributed by atoms with Crippen LogP contribution in [0.5, 0.6) is 0 Å². The van der Waals surface area contributed by atoms with Crippen LogP contribution in [0.1, 0.15) is 67.5 Å². The third-order valence-electron chi connectivity index (χ3n) is 5.71. The molecule has 2 rings (SSSR count). The molecule has 0 aromatic carbocycles. The standard InChI is InChI=1S/C23H33BrO4S/c1-15(22-14-20(24)16(2)29-22)13-18(25)11-9-17-10-12-21(26)19(17)7-5-3-4-6-8-23(27)28/h3,5,9,11,14-15,17-19,21,25-26H,4,6-8,10,12-13H2,1-2H3,(H,27,28)/b5-3-,11-9+/t15?,17-,18+,19+,21?/m0/s1. The number of aliphatic carboxylic acids is 1. The minimum atomic E-state index is -0.760. The largest absolute Gasteiger partial charge is 0.481 e. The maximum Gasteiger partial charge on any atom is 0.303 e. The van der Waals surface area contributed by atoms with Crippen molar-refractivity contribution < 1.29 is 20.1 Å². The van der Waals surface area contributed by atoms with Crippen molar-refractivity contribution in [2.45, 2.75) is 76.9 Å². The Morgan fingerprint density at radius 1 is 1.38 bits per heavy atom. The lowest BCUT2D eigenvalue weighted by molar-refractivity contribution is -0.137. The molecule has 29 heavy (non-hydrogen) atoms. The topological polar surface area (TPSA) is 77.8 Å². The molecule has 162 valence electrons. The molecular formula is C23H33BrO4S. The molecule has 1 fully saturated rings. The molecule has 1 aromatic rings. The number of carboxylic acid groups (broad SMARTS) is 1. The van der Waals surface area contributed by atoms with E-state index in [2.05, 4.69) is 48.0 Å². The second kappa shape index (κ2) is 12.0. The van der Waals surface area contributed by atoms with Gasteiger partial charge in [-0.2, -0.15) is 0 Å². The molecule has 0 amide bonds. The van der Waals surface area contributed by atoms with Gasteiger partial charge in [-0.25, -0.2) is 0 Å². The van der Waals surface area contributed by atoms with Crippen LogP contribution in [0, 0.1) is 18.8 Å². The molecule has 0 bridgehead atoms. The minimum Gasteiger partial charge on any atom is -0.481 e. The van der Waals surface area contributed by atoms with Crippen LogP contribution in [-0.4, -0.2) is 33.5 Å². The van der Waals surface area contributed by atoms with E-state index in [4.69, 9.17) is 5.11 Å². The Balaban J connectivity index is 1.82. The highest BCUT2D eigenvalue weighted by molar-refractivity contribution is 9.10. The van der Waals surface area contributed by atoms with Crippen LogP contribution in [0.25, 0.3) is 0 Å². The van der Waals surface area contributed by atoms with Gasteiger partial charge in [0.2, 0.25) is 0 Å². The number of aliphatic hydroxyl groups is 2. The summed E-state index contributed by atoms with van der Waals surface area (Å²) in [5.41, 5.74) is 0. The summed E-state index contributed by atoms with van der Waals surface area (Å²) in [6.45, 7) is 4.24. The van der Waals surface area contributed by atoms with E-state index in [0.717, 1.165) is 30.2 Å². The molecule has 0 spiro atoms. The van der Waals surface area contributed by atoms with Gasteiger partial charge in [0.05, 0.1) is 12.2 Å². The number of hydrogen-bond donors (Lipinski definition) is 3. The van der Waals surface area contributed by atoms with Crippen LogP contribution in [0.2, 0.25) is 0 Å². The van der Waals surface area contributed by atoms with Crippen molar-refractivity contribution >= 4 is 33.2 Å². The highest BCUT2D eigenvalue weighted by atomic mass is 79.9. The van der Waals surface area contributed by atoms with Gasteiger partial charge < -0.3 is 15.3 Å². The molecule has 0 aliphatic heterocycles. The van der Waals surface area contributed by atoms with Crippen LogP contribution < -0.4 is 0 Å². The van der Waals surface area contributed by atoms with Gasteiger partial charge >= 0.3 is 5.97 Å².